The van der Waals surface area contributed by atoms with Gasteiger partial charge in [-0.1, -0.05) is 11.8 Å². The molecule has 0 saturated heterocycles. The van der Waals surface area contributed by atoms with Crippen LogP contribution in [0.4, 0.5) is 13.2 Å². The molecule has 2 aromatic heterocycles. The number of rotatable bonds is 5. The molecule has 2 heterocycles. The number of esters is 1. The van der Waals surface area contributed by atoms with Crippen molar-refractivity contribution >= 4 is 33.1 Å². The first-order valence-electron chi connectivity index (χ1n) is 9.16. The van der Waals surface area contributed by atoms with Gasteiger partial charge in [0, 0.05) is 29.2 Å². The van der Waals surface area contributed by atoms with E-state index in [0.29, 0.717) is 26.6 Å². The summed E-state index contributed by atoms with van der Waals surface area (Å²) in [5, 5.41) is 0. The summed E-state index contributed by atoms with van der Waals surface area (Å²) in [6.45, 7) is 4.67. The molecular formula is C21H20F3NO4S2. The van der Waals surface area contributed by atoms with Crippen LogP contribution in [0.2, 0.25) is 0 Å². The minimum absolute atomic E-state index is 0.152. The maximum absolute atomic E-state index is 13.3. The maximum atomic E-state index is 13.3. The van der Waals surface area contributed by atoms with E-state index in [9.17, 15) is 26.4 Å². The van der Waals surface area contributed by atoms with Crippen molar-refractivity contribution < 1.29 is 31.1 Å². The summed E-state index contributed by atoms with van der Waals surface area (Å²) in [7, 11) is -3.36. The summed E-state index contributed by atoms with van der Waals surface area (Å²) in [6.07, 6.45) is -2.77. The van der Waals surface area contributed by atoms with Crippen molar-refractivity contribution in [1.82, 2.24) is 4.40 Å². The van der Waals surface area contributed by atoms with Crippen molar-refractivity contribution in [3.05, 3.63) is 59.4 Å². The number of benzene rings is 1. The van der Waals surface area contributed by atoms with Gasteiger partial charge < -0.3 is 9.14 Å². The van der Waals surface area contributed by atoms with Crippen LogP contribution in [0, 0.1) is 6.92 Å². The third kappa shape index (κ3) is 4.90. The van der Waals surface area contributed by atoms with Gasteiger partial charge >= 0.3 is 12.1 Å². The molecule has 5 nitrogen and oxygen atoms in total. The number of aromatic nitrogens is 1. The Labute approximate surface area is 182 Å². The summed E-state index contributed by atoms with van der Waals surface area (Å²) >= 11 is 1.22. The van der Waals surface area contributed by atoms with Gasteiger partial charge in [-0.25, -0.2) is 8.42 Å². The van der Waals surface area contributed by atoms with E-state index < -0.39 is 33.7 Å². The van der Waals surface area contributed by atoms with E-state index in [2.05, 4.69) is 0 Å². The Kier molecular flexibility index (Phi) is 6.16. The molecule has 166 valence electrons. The van der Waals surface area contributed by atoms with E-state index in [0.717, 1.165) is 18.4 Å². The van der Waals surface area contributed by atoms with Crippen molar-refractivity contribution in [3.8, 4) is 0 Å². The summed E-state index contributed by atoms with van der Waals surface area (Å²) in [4.78, 5) is 12.8. The Morgan fingerprint density at radius 3 is 2.29 bits per heavy atom. The highest BCUT2D eigenvalue weighted by atomic mass is 32.2. The number of pyridine rings is 1. The van der Waals surface area contributed by atoms with Gasteiger partial charge in [-0.15, -0.1) is 0 Å². The number of carbonyl (C=O) groups excluding carboxylic acids is 1. The lowest BCUT2D eigenvalue weighted by molar-refractivity contribution is -0.146. The second kappa shape index (κ2) is 8.23. The molecular weight excluding hydrogens is 451 g/mol. The Balaban J connectivity index is 2.16. The fourth-order valence-corrected chi connectivity index (χ4v) is 5.02. The third-order valence-electron chi connectivity index (χ3n) is 4.70. The fourth-order valence-electron chi connectivity index (χ4n) is 3.36. The van der Waals surface area contributed by atoms with E-state index in [-0.39, 0.29) is 4.90 Å². The van der Waals surface area contributed by atoms with Crippen LogP contribution < -0.4 is 0 Å². The molecule has 3 aromatic rings. The first-order chi connectivity index (χ1) is 14.3. The van der Waals surface area contributed by atoms with Gasteiger partial charge in [-0.05, 0) is 55.8 Å². The van der Waals surface area contributed by atoms with E-state index in [1.54, 1.807) is 30.4 Å². The van der Waals surface area contributed by atoms with Gasteiger partial charge in [0.05, 0.1) is 21.7 Å². The van der Waals surface area contributed by atoms with Gasteiger partial charge in [0.2, 0.25) is 0 Å². The number of alkyl halides is 3. The summed E-state index contributed by atoms with van der Waals surface area (Å²) < 4.78 is 70.2. The molecule has 0 radical (unpaired) electrons. The Bertz CT molecular complexity index is 1250. The maximum Gasteiger partial charge on any atom is 0.416 e. The minimum Gasteiger partial charge on any atom is -0.456 e. The first-order valence-corrected chi connectivity index (χ1v) is 11.9. The molecule has 0 bridgehead atoms. The summed E-state index contributed by atoms with van der Waals surface area (Å²) in [5.41, 5.74) is 0.761. The van der Waals surface area contributed by atoms with Crippen molar-refractivity contribution in [2.75, 3.05) is 6.26 Å². The molecule has 0 aliphatic heterocycles. The van der Waals surface area contributed by atoms with Gasteiger partial charge in [-0.2, -0.15) is 13.2 Å². The zero-order valence-electron chi connectivity index (χ0n) is 17.1. The molecule has 1 unspecified atom stereocenters. The topological polar surface area (TPSA) is 64.9 Å². The Hall–Kier alpha value is -2.46. The molecule has 0 fully saturated rings. The summed E-state index contributed by atoms with van der Waals surface area (Å²) in [6, 6.07) is 8.15. The van der Waals surface area contributed by atoms with Crippen molar-refractivity contribution in [3.63, 3.8) is 0 Å². The quantitative estimate of drug-likeness (QED) is 0.464. The van der Waals surface area contributed by atoms with Crippen LogP contribution in [-0.2, 0) is 25.5 Å². The number of hydrogen-bond acceptors (Lipinski definition) is 5. The zero-order chi connectivity index (χ0) is 23.1. The molecule has 0 aliphatic carbocycles. The van der Waals surface area contributed by atoms with Crippen molar-refractivity contribution in [1.29, 1.82) is 0 Å². The minimum atomic E-state index is -4.51. The SMILES string of the molecule is CC(=O)OC(C)c1c(C)c(Sc2ccc(S(C)(=O)=O)cc2)c2cc(C(F)(F)F)ccn12. The Morgan fingerprint density at radius 2 is 1.77 bits per heavy atom. The lowest BCUT2D eigenvalue weighted by atomic mass is 10.2. The standard InChI is InChI=1S/C21H20F3NO4S2/c1-12-19(13(2)29-14(3)26)25-10-9-15(21(22,23)24)11-18(25)20(12)30-16-5-7-17(8-6-16)31(4,27)28/h5-11,13H,1-4H3. The lowest BCUT2D eigenvalue weighted by Crippen LogP contribution is -2.09. The van der Waals surface area contributed by atoms with Crippen LogP contribution in [-0.4, -0.2) is 25.0 Å². The lowest BCUT2D eigenvalue weighted by Gasteiger charge is -2.14. The molecule has 0 N–H and O–H groups in total. The number of halogens is 3. The largest absolute Gasteiger partial charge is 0.456 e. The predicted octanol–water partition coefficient (Wildman–Crippen LogP) is 5.45. The second-order valence-electron chi connectivity index (χ2n) is 7.11. The number of hydrogen-bond donors (Lipinski definition) is 0. The molecule has 0 saturated carbocycles. The highest BCUT2D eigenvalue weighted by molar-refractivity contribution is 7.99. The molecule has 31 heavy (non-hydrogen) atoms. The van der Waals surface area contributed by atoms with Gasteiger partial charge in [0.1, 0.15) is 6.10 Å². The van der Waals surface area contributed by atoms with Gasteiger partial charge in [-0.3, -0.25) is 4.79 Å². The first kappa shape index (κ1) is 23.2. The zero-order valence-corrected chi connectivity index (χ0v) is 18.8. The van der Waals surface area contributed by atoms with Crippen molar-refractivity contribution in [2.45, 2.75) is 47.7 Å². The van der Waals surface area contributed by atoms with E-state index >= 15 is 0 Å². The smallest absolute Gasteiger partial charge is 0.416 e. The van der Waals surface area contributed by atoms with Crippen LogP contribution >= 0.6 is 11.8 Å². The van der Waals surface area contributed by atoms with Crippen LogP contribution in [0.15, 0.2) is 57.3 Å². The molecule has 1 atom stereocenters. The highest BCUT2D eigenvalue weighted by Gasteiger charge is 2.32. The molecule has 0 spiro atoms. The second-order valence-corrected chi connectivity index (χ2v) is 10.2. The molecule has 3 rings (SSSR count). The number of ether oxygens (including phenoxy) is 1. The average molecular weight is 472 g/mol. The highest BCUT2D eigenvalue weighted by Crippen LogP contribution is 2.41. The third-order valence-corrected chi connectivity index (χ3v) is 7.05. The van der Waals surface area contributed by atoms with Crippen LogP contribution in [0.3, 0.4) is 0 Å². The van der Waals surface area contributed by atoms with Crippen LogP contribution in [0.5, 0.6) is 0 Å². The summed E-state index contributed by atoms with van der Waals surface area (Å²) in [5.74, 6) is -0.501. The van der Waals surface area contributed by atoms with E-state index in [1.165, 1.54) is 37.0 Å². The average Bonchev–Trinajstić information content (AvgIpc) is 2.91. The monoisotopic (exact) mass is 471 g/mol. The predicted molar refractivity (Wildman–Crippen MR) is 111 cm³/mol. The molecule has 0 aliphatic rings. The van der Waals surface area contributed by atoms with Crippen LogP contribution in [0.25, 0.3) is 5.52 Å². The molecule has 0 amide bonds. The number of fused-ring (bicyclic) bond motifs is 1. The van der Waals surface area contributed by atoms with E-state index in [4.69, 9.17) is 4.74 Å². The number of carbonyl (C=O) groups is 1. The van der Waals surface area contributed by atoms with Gasteiger partial charge in [0.25, 0.3) is 0 Å². The normalized spacial score (nSPS) is 13.4. The fraction of sp³-hybridized carbons (Fsp3) is 0.286. The van der Waals surface area contributed by atoms with Gasteiger partial charge in [0.15, 0.2) is 9.84 Å². The number of sulfone groups is 1. The van der Waals surface area contributed by atoms with Crippen LogP contribution in [0.1, 0.15) is 36.8 Å². The number of nitrogens with zero attached hydrogens (tertiary/aromatic N) is 1. The van der Waals surface area contributed by atoms with Crippen molar-refractivity contribution in [2.24, 2.45) is 0 Å². The molecule has 1 aromatic carbocycles. The van der Waals surface area contributed by atoms with E-state index in [1.807, 2.05) is 0 Å². The molecule has 10 heteroatoms. The Morgan fingerprint density at radius 1 is 1.16 bits per heavy atom.